The Hall–Kier alpha value is -2.31. The third-order valence-electron chi connectivity index (χ3n) is 5.77. The molecule has 1 saturated heterocycles. The highest BCUT2D eigenvalue weighted by atomic mass is 35.5. The fourth-order valence-electron chi connectivity index (χ4n) is 3.79. The first-order valence-corrected chi connectivity index (χ1v) is 11.6. The zero-order valence-corrected chi connectivity index (χ0v) is 19.0. The number of aliphatic imine (C=N–C) groups is 2. The lowest BCUT2D eigenvalue weighted by atomic mass is 9.98. The molecule has 2 heterocycles. The molecule has 5 nitrogen and oxygen atoms in total. The summed E-state index contributed by atoms with van der Waals surface area (Å²) in [5.74, 6) is 0. The molecule has 2 aliphatic rings. The maximum absolute atomic E-state index is 12.7. The molecule has 2 aromatic rings. The summed E-state index contributed by atoms with van der Waals surface area (Å²) in [5.41, 5.74) is 4.77. The third kappa shape index (κ3) is 4.12. The number of carbonyl (C=O) groups is 1. The Kier molecular flexibility index (Phi) is 5.89. The lowest BCUT2D eigenvalue weighted by molar-refractivity contribution is 0.175. The van der Waals surface area contributed by atoms with Crippen LogP contribution in [0.5, 0.6) is 0 Å². The van der Waals surface area contributed by atoms with Crippen LogP contribution in [0.4, 0.5) is 10.5 Å². The van der Waals surface area contributed by atoms with Gasteiger partial charge in [-0.1, -0.05) is 35.9 Å². The number of anilines is 1. The minimum Gasteiger partial charge on any atom is -0.324 e. The Labute approximate surface area is 186 Å². The van der Waals surface area contributed by atoms with Crippen molar-refractivity contribution in [3.05, 3.63) is 64.2 Å². The molecule has 1 fully saturated rings. The zero-order chi connectivity index (χ0) is 21.3. The first kappa shape index (κ1) is 20.9. The summed E-state index contributed by atoms with van der Waals surface area (Å²) in [7, 11) is 0. The minimum absolute atomic E-state index is 0.136. The van der Waals surface area contributed by atoms with Gasteiger partial charge in [-0.15, -0.1) is 11.8 Å². The number of nitrogens with zero attached hydrogens (tertiary/aromatic N) is 3. The number of urea groups is 1. The maximum atomic E-state index is 12.7. The molecule has 7 heteroatoms. The van der Waals surface area contributed by atoms with Gasteiger partial charge in [0.05, 0.1) is 16.4 Å². The van der Waals surface area contributed by atoms with Gasteiger partial charge in [-0.25, -0.2) is 9.79 Å². The van der Waals surface area contributed by atoms with Gasteiger partial charge in [0, 0.05) is 31.5 Å². The lowest BCUT2D eigenvalue weighted by Gasteiger charge is -2.35. The van der Waals surface area contributed by atoms with Gasteiger partial charge in [-0.2, -0.15) is 0 Å². The summed E-state index contributed by atoms with van der Waals surface area (Å²) in [6.07, 6.45) is 3.46. The molecular formula is C23H25ClN4OS. The molecule has 2 aliphatic heterocycles. The number of nitrogens with one attached hydrogen (secondary N) is 1. The summed E-state index contributed by atoms with van der Waals surface area (Å²) < 4.78 is 0. The molecule has 2 amide bonds. The first-order valence-electron chi connectivity index (χ1n) is 10.0. The molecule has 0 bridgehead atoms. The average molecular weight is 441 g/mol. The summed E-state index contributed by atoms with van der Waals surface area (Å²) >= 11 is 7.80. The summed E-state index contributed by atoms with van der Waals surface area (Å²) in [5, 5.41) is 4.42. The van der Waals surface area contributed by atoms with Gasteiger partial charge >= 0.3 is 6.03 Å². The summed E-state index contributed by atoms with van der Waals surface area (Å²) in [6, 6.07) is 13.6. The topological polar surface area (TPSA) is 57.1 Å². The van der Waals surface area contributed by atoms with Crippen molar-refractivity contribution in [3.8, 4) is 0 Å². The van der Waals surface area contributed by atoms with Crippen LogP contribution in [0, 0.1) is 13.8 Å². The average Bonchev–Trinajstić information content (AvgIpc) is 3.10. The van der Waals surface area contributed by atoms with Crippen LogP contribution in [-0.2, 0) is 0 Å². The highest BCUT2D eigenvalue weighted by molar-refractivity contribution is 8.15. The van der Waals surface area contributed by atoms with E-state index in [1.54, 1.807) is 23.9 Å². The van der Waals surface area contributed by atoms with Gasteiger partial charge in [-0.3, -0.25) is 4.99 Å². The third-order valence-corrected chi connectivity index (χ3v) is 6.77. The SMILES string of the molecule is CSC1=NC2(CCN(C(=O)Nc3ccccc3Cl)CC2)N=C1c1ccc(C)c(C)c1. The van der Waals surface area contributed by atoms with Crippen LogP contribution in [-0.4, -0.2) is 46.7 Å². The van der Waals surface area contributed by atoms with Gasteiger partial charge in [-0.05, 0) is 49.4 Å². The minimum atomic E-state index is -0.465. The molecule has 1 N–H and O–H groups in total. The van der Waals surface area contributed by atoms with E-state index in [4.69, 9.17) is 21.6 Å². The maximum Gasteiger partial charge on any atom is 0.321 e. The van der Waals surface area contributed by atoms with E-state index in [1.165, 1.54) is 11.1 Å². The second kappa shape index (κ2) is 8.44. The Morgan fingerprint density at radius 3 is 2.50 bits per heavy atom. The highest BCUT2D eigenvalue weighted by Crippen LogP contribution is 2.35. The van der Waals surface area contributed by atoms with Crippen LogP contribution in [0.2, 0.25) is 5.02 Å². The van der Waals surface area contributed by atoms with Crippen LogP contribution >= 0.6 is 23.4 Å². The molecule has 0 unspecified atom stereocenters. The quantitative estimate of drug-likeness (QED) is 0.665. The zero-order valence-electron chi connectivity index (χ0n) is 17.4. The predicted octanol–water partition coefficient (Wildman–Crippen LogP) is 5.55. The molecule has 0 radical (unpaired) electrons. The van der Waals surface area contributed by atoms with Crippen LogP contribution in [0.15, 0.2) is 52.4 Å². The van der Waals surface area contributed by atoms with Crippen LogP contribution in [0.3, 0.4) is 0 Å². The monoisotopic (exact) mass is 440 g/mol. The van der Waals surface area contributed by atoms with Crippen molar-refractivity contribution in [2.45, 2.75) is 32.4 Å². The molecule has 4 rings (SSSR count). The van der Waals surface area contributed by atoms with Gasteiger partial charge in [0.2, 0.25) is 0 Å². The number of amides is 2. The van der Waals surface area contributed by atoms with Crippen LogP contribution in [0.1, 0.15) is 29.5 Å². The Bertz CT molecular complexity index is 1040. The molecule has 0 aliphatic carbocycles. The smallest absolute Gasteiger partial charge is 0.321 e. The molecule has 156 valence electrons. The number of benzene rings is 2. The fraction of sp³-hybridized carbons (Fsp3) is 0.348. The molecule has 2 aromatic carbocycles. The van der Waals surface area contributed by atoms with E-state index >= 15 is 0 Å². The Morgan fingerprint density at radius 2 is 1.83 bits per heavy atom. The van der Waals surface area contributed by atoms with Crippen molar-refractivity contribution >= 4 is 45.8 Å². The number of carbonyl (C=O) groups excluding carboxylic acids is 1. The van der Waals surface area contributed by atoms with Crippen LogP contribution < -0.4 is 5.32 Å². The number of likely N-dealkylation sites (tertiary alicyclic amines) is 1. The normalized spacial score (nSPS) is 17.7. The van der Waals surface area contributed by atoms with Gasteiger partial charge < -0.3 is 10.2 Å². The van der Waals surface area contributed by atoms with Crippen molar-refractivity contribution in [2.24, 2.45) is 9.98 Å². The Morgan fingerprint density at radius 1 is 1.10 bits per heavy atom. The number of para-hydroxylation sites is 1. The van der Waals surface area contributed by atoms with E-state index in [2.05, 4.69) is 37.4 Å². The van der Waals surface area contributed by atoms with Crippen molar-refractivity contribution in [3.63, 3.8) is 0 Å². The number of rotatable bonds is 2. The molecule has 30 heavy (non-hydrogen) atoms. The number of hydrogen-bond donors (Lipinski definition) is 1. The molecular weight excluding hydrogens is 416 g/mol. The van der Waals surface area contributed by atoms with E-state index in [1.807, 2.05) is 23.3 Å². The largest absolute Gasteiger partial charge is 0.324 e. The lowest BCUT2D eigenvalue weighted by Crippen LogP contribution is -2.46. The van der Waals surface area contributed by atoms with Crippen molar-refractivity contribution in [2.75, 3.05) is 24.7 Å². The molecule has 0 aromatic heterocycles. The van der Waals surface area contributed by atoms with E-state index in [0.717, 1.165) is 16.3 Å². The summed E-state index contributed by atoms with van der Waals surface area (Å²) in [4.78, 5) is 24.6. The fourth-order valence-corrected chi connectivity index (χ4v) is 4.59. The first-order chi connectivity index (χ1) is 14.4. The number of halogens is 1. The van der Waals surface area contributed by atoms with E-state index in [0.29, 0.717) is 36.6 Å². The second-order valence-electron chi connectivity index (χ2n) is 7.76. The van der Waals surface area contributed by atoms with Gasteiger partial charge in [0.1, 0.15) is 5.04 Å². The number of thioether (sulfide) groups is 1. The summed E-state index contributed by atoms with van der Waals surface area (Å²) in [6.45, 7) is 5.44. The Balaban J connectivity index is 1.48. The standard InChI is InChI=1S/C23H25ClN4OS/c1-15-8-9-17(14-16(15)2)20-21(30-3)27-23(26-20)10-12-28(13-11-23)22(29)25-19-7-5-4-6-18(19)24/h4-9,14H,10-13H2,1-3H3,(H,25,29). The van der Waals surface area contributed by atoms with Crippen molar-refractivity contribution in [1.82, 2.24) is 4.90 Å². The van der Waals surface area contributed by atoms with Crippen molar-refractivity contribution < 1.29 is 4.79 Å². The second-order valence-corrected chi connectivity index (χ2v) is 8.96. The van der Waals surface area contributed by atoms with Gasteiger partial charge in [0.15, 0.2) is 5.66 Å². The number of aryl methyl sites for hydroxylation is 2. The van der Waals surface area contributed by atoms with E-state index < -0.39 is 5.66 Å². The van der Waals surface area contributed by atoms with Gasteiger partial charge in [0.25, 0.3) is 0 Å². The van der Waals surface area contributed by atoms with E-state index in [-0.39, 0.29) is 6.03 Å². The number of hydrogen-bond acceptors (Lipinski definition) is 4. The van der Waals surface area contributed by atoms with Crippen LogP contribution in [0.25, 0.3) is 0 Å². The highest BCUT2D eigenvalue weighted by Gasteiger charge is 2.40. The molecule has 0 saturated carbocycles. The molecule has 1 spiro atoms. The van der Waals surface area contributed by atoms with Crippen molar-refractivity contribution in [1.29, 1.82) is 0 Å². The van der Waals surface area contributed by atoms with E-state index in [9.17, 15) is 4.79 Å². The predicted molar refractivity (Wildman–Crippen MR) is 127 cm³/mol. The molecule has 0 atom stereocenters. The number of piperidine rings is 1.